The zero-order valence-electron chi connectivity index (χ0n) is 13.2. The third kappa shape index (κ3) is 3.22. The van der Waals surface area contributed by atoms with Gasteiger partial charge in [-0.05, 0) is 35.4 Å². The van der Waals surface area contributed by atoms with Gasteiger partial charge in [0.15, 0.2) is 0 Å². The molecule has 0 saturated heterocycles. The summed E-state index contributed by atoms with van der Waals surface area (Å²) in [6.45, 7) is 0.632. The number of hydrogen-bond acceptors (Lipinski definition) is 3. The van der Waals surface area contributed by atoms with Gasteiger partial charge in [0.2, 0.25) is 0 Å². The van der Waals surface area contributed by atoms with Gasteiger partial charge in [0.1, 0.15) is 5.82 Å². The Morgan fingerprint density at radius 1 is 1.17 bits per heavy atom. The van der Waals surface area contributed by atoms with E-state index in [1.165, 1.54) is 31.4 Å². The third-order valence-corrected chi connectivity index (χ3v) is 4.06. The van der Waals surface area contributed by atoms with Gasteiger partial charge in [-0.15, -0.1) is 0 Å². The van der Waals surface area contributed by atoms with E-state index in [-0.39, 0.29) is 24.4 Å². The van der Waals surface area contributed by atoms with Crippen molar-refractivity contribution in [2.45, 2.75) is 12.5 Å². The van der Waals surface area contributed by atoms with E-state index >= 15 is 0 Å². The van der Waals surface area contributed by atoms with E-state index in [0.29, 0.717) is 12.2 Å². The van der Waals surface area contributed by atoms with Crippen molar-refractivity contribution >= 4 is 17.7 Å². The number of carbonyl (C=O) groups is 2. The molecule has 0 aliphatic carbocycles. The van der Waals surface area contributed by atoms with Crippen LogP contribution in [0.4, 0.5) is 14.9 Å². The lowest BCUT2D eigenvalue weighted by molar-refractivity contribution is -0.143. The summed E-state index contributed by atoms with van der Waals surface area (Å²) in [4.78, 5) is 26.1. The van der Waals surface area contributed by atoms with E-state index in [1.54, 1.807) is 4.90 Å². The van der Waals surface area contributed by atoms with Crippen LogP contribution in [-0.2, 0) is 16.1 Å². The molecule has 2 aromatic rings. The van der Waals surface area contributed by atoms with Crippen molar-refractivity contribution in [2.75, 3.05) is 19.0 Å². The quantitative estimate of drug-likeness (QED) is 0.862. The first-order valence-corrected chi connectivity index (χ1v) is 7.55. The van der Waals surface area contributed by atoms with Crippen molar-refractivity contribution in [2.24, 2.45) is 0 Å². The number of fused-ring (bicyclic) bond motifs is 1. The summed E-state index contributed by atoms with van der Waals surface area (Å²) in [7, 11) is 1.34. The van der Waals surface area contributed by atoms with Crippen LogP contribution in [0, 0.1) is 5.82 Å². The lowest BCUT2D eigenvalue weighted by Gasteiger charge is -2.33. The lowest BCUT2D eigenvalue weighted by atomic mass is 9.90. The second kappa shape index (κ2) is 6.70. The highest BCUT2D eigenvalue weighted by molar-refractivity contribution is 5.90. The standard InChI is InChI=1S/C18H17FN2O3/c1-24-17(22)16-11-21(10-12-4-2-3-5-15(12)16)18(23)20-14-8-6-13(19)7-9-14/h2-9,16H,10-11H2,1H3,(H,20,23). The molecule has 124 valence electrons. The predicted octanol–water partition coefficient (Wildman–Crippen LogP) is 3.13. The maximum atomic E-state index is 12.9. The highest BCUT2D eigenvalue weighted by Crippen LogP contribution is 2.29. The van der Waals surface area contributed by atoms with Crippen LogP contribution in [0.3, 0.4) is 0 Å². The molecule has 1 aliphatic rings. The van der Waals surface area contributed by atoms with Gasteiger partial charge >= 0.3 is 12.0 Å². The van der Waals surface area contributed by atoms with Crippen LogP contribution in [0.15, 0.2) is 48.5 Å². The molecule has 1 aliphatic heterocycles. The number of carbonyl (C=O) groups excluding carboxylic acids is 2. The molecule has 0 fully saturated rings. The molecule has 6 heteroatoms. The minimum absolute atomic E-state index is 0.233. The smallest absolute Gasteiger partial charge is 0.322 e. The van der Waals surface area contributed by atoms with Crippen LogP contribution < -0.4 is 5.32 Å². The number of halogens is 1. The highest BCUT2D eigenvalue weighted by Gasteiger charge is 2.33. The molecule has 1 N–H and O–H groups in total. The van der Waals surface area contributed by atoms with Gasteiger partial charge in [-0.25, -0.2) is 9.18 Å². The number of esters is 1. The number of urea groups is 1. The molecule has 1 atom stereocenters. The average Bonchev–Trinajstić information content (AvgIpc) is 2.62. The van der Waals surface area contributed by atoms with Gasteiger partial charge in [-0.2, -0.15) is 0 Å². The summed E-state index contributed by atoms with van der Waals surface area (Å²) in [5.74, 6) is -1.26. The Labute approximate surface area is 139 Å². The van der Waals surface area contributed by atoms with E-state index in [0.717, 1.165) is 11.1 Å². The maximum Gasteiger partial charge on any atom is 0.322 e. The Morgan fingerprint density at radius 3 is 2.58 bits per heavy atom. The molecule has 2 amide bonds. The molecule has 5 nitrogen and oxygen atoms in total. The van der Waals surface area contributed by atoms with Crippen LogP contribution in [0.2, 0.25) is 0 Å². The zero-order valence-corrected chi connectivity index (χ0v) is 13.2. The second-order valence-electron chi connectivity index (χ2n) is 5.59. The SMILES string of the molecule is COC(=O)C1CN(C(=O)Nc2ccc(F)cc2)Cc2ccccc21. The van der Waals surface area contributed by atoms with Crippen LogP contribution >= 0.6 is 0 Å². The van der Waals surface area contributed by atoms with Gasteiger partial charge in [0, 0.05) is 18.8 Å². The minimum atomic E-state index is -0.515. The van der Waals surface area contributed by atoms with E-state index in [9.17, 15) is 14.0 Å². The van der Waals surface area contributed by atoms with Crippen molar-refractivity contribution in [3.8, 4) is 0 Å². The number of rotatable bonds is 2. The normalized spacial score (nSPS) is 16.2. The van der Waals surface area contributed by atoms with Crippen molar-refractivity contribution in [3.05, 3.63) is 65.5 Å². The Hall–Kier alpha value is -2.89. The van der Waals surface area contributed by atoms with Gasteiger partial charge < -0.3 is 15.0 Å². The fourth-order valence-electron chi connectivity index (χ4n) is 2.84. The van der Waals surface area contributed by atoms with E-state index in [1.807, 2.05) is 24.3 Å². The summed E-state index contributed by atoms with van der Waals surface area (Å²) in [5.41, 5.74) is 2.29. The fourth-order valence-corrected chi connectivity index (χ4v) is 2.84. The molecule has 24 heavy (non-hydrogen) atoms. The number of methoxy groups -OCH3 is 1. The minimum Gasteiger partial charge on any atom is -0.468 e. The van der Waals surface area contributed by atoms with Crippen molar-refractivity contribution in [1.82, 2.24) is 4.90 Å². The molecule has 1 unspecified atom stereocenters. The zero-order chi connectivity index (χ0) is 17.1. The molecule has 0 radical (unpaired) electrons. The number of amides is 2. The first-order chi connectivity index (χ1) is 11.6. The first-order valence-electron chi connectivity index (χ1n) is 7.55. The molecule has 1 heterocycles. The Kier molecular flexibility index (Phi) is 4.46. The highest BCUT2D eigenvalue weighted by atomic mass is 19.1. The predicted molar refractivity (Wildman–Crippen MR) is 87.0 cm³/mol. The lowest BCUT2D eigenvalue weighted by Crippen LogP contribution is -2.43. The summed E-state index contributed by atoms with van der Waals surface area (Å²) < 4.78 is 17.8. The summed E-state index contributed by atoms with van der Waals surface area (Å²) in [6, 6.07) is 12.7. The molecule has 3 rings (SSSR count). The van der Waals surface area contributed by atoms with Gasteiger partial charge in [0.05, 0.1) is 13.0 Å². The van der Waals surface area contributed by atoms with Crippen LogP contribution in [0.25, 0.3) is 0 Å². The number of benzene rings is 2. The maximum absolute atomic E-state index is 12.9. The molecule has 2 aromatic carbocycles. The number of nitrogens with zero attached hydrogens (tertiary/aromatic N) is 1. The fraction of sp³-hybridized carbons (Fsp3) is 0.222. The van der Waals surface area contributed by atoms with Crippen molar-refractivity contribution in [1.29, 1.82) is 0 Å². The average molecular weight is 328 g/mol. The summed E-state index contributed by atoms with van der Waals surface area (Å²) >= 11 is 0. The third-order valence-electron chi connectivity index (χ3n) is 4.06. The molecule has 0 saturated carbocycles. The van der Waals surface area contributed by atoms with Gasteiger partial charge in [0.25, 0.3) is 0 Å². The first kappa shape index (κ1) is 16.0. The van der Waals surface area contributed by atoms with Gasteiger partial charge in [-0.1, -0.05) is 24.3 Å². The summed E-state index contributed by atoms with van der Waals surface area (Å²) in [6.07, 6.45) is 0. The molecular formula is C18H17FN2O3. The Morgan fingerprint density at radius 2 is 1.88 bits per heavy atom. The number of nitrogens with one attached hydrogen (secondary N) is 1. The molecule has 0 spiro atoms. The van der Waals surface area contributed by atoms with Crippen molar-refractivity contribution in [3.63, 3.8) is 0 Å². The second-order valence-corrected chi connectivity index (χ2v) is 5.59. The van der Waals surface area contributed by atoms with Crippen LogP contribution in [0.5, 0.6) is 0 Å². The molecule has 0 bridgehead atoms. The van der Waals surface area contributed by atoms with Crippen LogP contribution in [0.1, 0.15) is 17.0 Å². The van der Waals surface area contributed by atoms with E-state index in [2.05, 4.69) is 5.32 Å². The monoisotopic (exact) mass is 328 g/mol. The Bertz CT molecular complexity index is 761. The van der Waals surface area contributed by atoms with Gasteiger partial charge in [-0.3, -0.25) is 4.79 Å². The molecular weight excluding hydrogens is 311 g/mol. The summed E-state index contributed by atoms with van der Waals surface area (Å²) in [5, 5.41) is 2.72. The van der Waals surface area contributed by atoms with Crippen LogP contribution in [-0.4, -0.2) is 30.6 Å². The van der Waals surface area contributed by atoms with Crippen molar-refractivity contribution < 1.29 is 18.7 Å². The largest absolute Gasteiger partial charge is 0.468 e. The number of ether oxygens (including phenoxy) is 1. The number of anilines is 1. The van der Waals surface area contributed by atoms with E-state index in [4.69, 9.17) is 4.74 Å². The topological polar surface area (TPSA) is 58.6 Å². The number of hydrogen-bond donors (Lipinski definition) is 1. The Balaban J connectivity index is 1.80. The molecule has 0 aromatic heterocycles. The van der Waals surface area contributed by atoms with E-state index < -0.39 is 5.92 Å².